The van der Waals surface area contributed by atoms with Crippen LogP contribution in [0.2, 0.25) is 0 Å². The van der Waals surface area contributed by atoms with Gasteiger partial charge in [-0.1, -0.05) is 19.3 Å². The second-order valence-corrected chi connectivity index (χ2v) is 7.52. The molecule has 0 N–H and O–H groups in total. The van der Waals surface area contributed by atoms with Crippen LogP contribution >= 0.6 is 0 Å². The molecule has 2 aliphatic rings. The molecule has 1 aromatic heterocycles. The van der Waals surface area contributed by atoms with Crippen LogP contribution in [0.25, 0.3) is 10.9 Å². The fourth-order valence-electron chi connectivity index (χ4n) is 4.63. The van der Waals surface area contributed by atoms with Crippen molar-refractivity contribution in [1.29, 1.82) is 0 Å². The number of nitrogens with zero attached hydrogens (tertiary/aromatic N) is 3. The number of piperidine rings is 1. The van der Waals surface area contributed by atoms with Crippen molar-refractivity contribution >= 4 is 10.9 Å². The van der Waals surface area contributed by atoms with Gasteiger partial charge in [0.15, 0.2) is 0 Å². The van der Waals surface area contributed by atoms with Gasteiger partial charge in [0.2, 0.25) is 0 Å². The Bertz CT molecular complexity index is 797. The zero-order valence-corrected chi connectivity index (χ0v) is 14.7. The van der Waals surface area contributed by atoms with Gasteiger partial charge >= 0.3 is 0 Å². The Morgan fingerprint density at radius 1 is 1.12 bits per heavy atom. The van der Waals surface area contributed by atoms with Crippen LogP contribution in [0.4, 0.5) is 4.39 Å². The van der Waals surface area contributed by atoms with E-state index in [1.807, 2.05) is 0 Å². The summed E-state index contributed by atoms with van der Waals surface area (Å²) >= 11 is 0. The monoisotopic (exact) mass is 343 g/mol. The number of fused-ring (bicyclic) bond motifs is 1. The van der Waals surface area contributed by atoms with E-state index in [-0.39, 0.29) is 11.4 Å². The highest BCUT2D eigenvalue weighted by Gasteiger charge is 2.30. The summed E-state index contributed by atoms with van der Waals surface area (Å²) in [4.78, 5) is 19.6. The SMILES string of the molecule is O=c1c2ccc(F)cc2ncn1CC[C@@H]1CCCCN1C1CCCC1. The number of likely N-dealkylation sites (tertiary alicyclic amines) is 1. The quantitative estimate of drug-likeness (QED) is 0.849. The van der Waals surface area contributed by atoms with Crippen LogP contribution in [0.5, 0.6) is 0 Å². The molecule has 0 radical (unpaired) electrons. The molecular weight excluding hydrogens is 317 g/mol. The van der Waals surface area contributed by atoms with Crippen molar-refractivity contribution in [2.75, 3.05) is 6.54 Å². The Morgan fingerprint density at radius 3 is 2.76 bits per heavy atom. The summed E-state index contributed by atoms with van der Waals surface area (Å²) in [6.07, 6.45) is 11.8. The molecule has 1 atom stereocenters. The van der Waals surface area contributed by atoms with Gasteiger partial charge in [0.1, 0.15) is 5.82 Å². The molecule has 4 nitrogen and oxygen atoms in total. The number of aryl methyl sites for hydroxylation is 1. The highest BCUT2D eigenvalue weighted by molar-refractivity contribution is 5.77. The predicted molar refractivity (Wildman–Crippen MR) is 97.2 cm³/mol. The van der Waals surface area contributed by atoms with Crippen molar-refractivity contribution in [1.82, 2.24) is 14.5 Å². The molecule has 5 heteroatoms. The normalized spacial score (nSPS) is 22.7. The van der Waals surface area contributed by atoms with Gasteiger partial charge in [0.25, 0.3) is 5.56 Å². The molecule has 0 spiro atoms. The van der Waals surface area contributed by atoms with Gasteiger partial charge in [-0.2, -0.15) is 0 Å². The summed E-state index contributed by atoms with van der Waals surface area (Å²) in [6, 6.07) is 5.53. The van der Waals surface area contributed by atoms with Crippen molar-refractivity contribution in [3.8, 4) is 0 Å². The number of benzene rings is 1. The minimum Gasteiger partial charge on any atom is -0.299 e. The Kier molecular flexibility index (Phi) is 4.84. The van der Waals surface area contributed by atoms with Gasteiger partial charge in [-0.15, -0.1) is 0 Å². The first-order chi connectivity index (χ1) is 12.2. The van der Waals surface area contributed by atoms with Crippen molar-refractivity contribution in [3.63, 3.8) is 0 Å². The highest BCUT2D eigenvalue weighted by atomic mass is 19.1. The molecule has 2 heterocycles. The molecule has 0 amide bonds. The fraction of sp³-hybridized carbons (Fsp3) is 0.600. The lowest BCUT2D eigenvalue weighted by Gasteiger charge is -2.40. The highest BCUT2D eigenvalue weighted by Crippen LogP contribution is 2.30. The van der Waals surface area contributed by atoms with Crippen LogP contribution in [0.3, 0.4) is 0 Å². The fourth-order valence-corrected chi connectivity index (χ4v) is 4.63. The zero-order chi connectivity index (χ0) is 17.2. The van der Waals surface area contributed by atoms with Crippen molar-refractivity contribution in [2.45, 2.75) is 70.0 Å². The molecule has 25 heavy (non-hydrogen) atoms. The van der Waals surface area contributed by atoms with Crippen LogP contribution in [0.15, 0.2) is 29.3 Å². The van der Waals surface area contributed by atoms with E-state index < -0.39 is 0 Å². The van der Waals surface area contributed by atoms with E-state index >= 15 is 0 Å². The molecule has 1 saturated heterocycles. The van der Waals surface area contributed by atoms with Gasteiger partial charge < -0.3 is 0 Å². The second kappa shape index (κ2) is 7.24. The summed E-state index contributed by atoms with van der Waals surface area (Å²) in [5.74, 6) is -0.355. The third-order valence-corrected chi connectivity index (χ3v) is 5.96. The largest absolute Gasteiger partial charge is 0.299 e. The molecule has 1 aliphatic heterocycles. The van der Waals surface area contributed by atoms with E-state index in [1.54, 1.807) is 17.0 Å². The summed E-state index contributed by atoms with van der Waals surface area (Å²) < 4.78 is 15.0. The minimum absolute atomic E-state index is 0.0618. The minimum atomic E-state index is -0.355. The molecule has 0 unspecified atom stereocenters. The van der Waals surface area contributed by atoms with Crippen LogP contribution in [0, 0.1) is 5.82 Å². The van der Waals surface area contributed by atoms with Crippen molar-refractivity contribution in [3.05, 3.63) is 40.7 Å². The van der Waals surface area contributed by atoms with E-state index in [1.165, 1.54) is 63.6 Å². The average molecular weight is 343 g/mol. The summed E-state index contributed by atoms with van der Waals surface area (Å²) in [7, 11) is 0. The molecule has 134 valence electrons. The van der Waals surface area contributed by atoms with Gasteiger partial charge in [0, 0.05) is 24.7 Å². The standard InChI is InChI=1S/C20H26FN3O/c21-15-8-9-18-19(13-15)22-14-23(20(18)25)12-10-17-7-3-4-11-24(17)16-5-1-2-6-16/h8-9,13-14,16-17H,1-7,10-12H2/t17-/m0/s1. The van der Waals surface area contributed by atoms with Crippen molar-refractivity contribution < 1.29 is 4.39 Å². The maximum absolute atomic E-state index is 13.3. The third-order valence-electron chi connectivity index (χ3n) is 5.96. The number of hydrogen-bond donors (Lipinski definition) is 0. The van der Waals surface area contributed by atoms with Crippen molar-refractivity contribution in [2.24, 2.45) is 0 Å². The van der Waals surface area contributed by atoms with Crippen LogP contribution in [0.1, 0.15) is 51.4 Å². The molecule has 1 saturated carbocycles. The molecule has 2 fully saturated rings. The first-order valence-corrected chi connectivity index (χ1v) is 9.63. The van der Waals surface area contributed by atoms with Gasteiger partial charge in [-0.3, -0.25) is 14.3 Å². The van der Waals surface area contributed by atoms with E-state index in [9.17, 15) is 9.18 Å². The first kappa shape index (κ1) is 16.7. The molecule has 2 aromatic rings. The maximum Gasteiger partial charge on any atom is 0.261 e. The van der Waals surface area contributed by atoms with Crippen LogP contribution in [-0.2, 0) is 6.54 Å². The van der Waals surface area contributed by atoms with Gasteiger partial charge in [-0.05, 0) is 50.8 Å². The topological polar surface area (TPSA) is 38.1 Å². The van der Waals surface area contributed by atoms with Crippen LogP contribution < -0.4 is 5.56 Å². The predicted octanol–water partition coefficient (Wildman–Crippen LogP) is 3.72. The Labute approximate surface area is 147 Å². The average Bonchev–Trinajstić information content (AvgIpc) is 3.16. The van der Waals surface area contributed by atoms with E-state index in [2.05, 4.69) is 9.88 Å². The Balaban J connectivity index is 1.50. The number of hydrogen-bond acceptors (Lipinski definition) is 3. The van der Waals surface area contributed by atoms with E-state index in [4.69, 9.17) is 0 Å². The lowest BCUT2D eigenvalue weighted by atomic mass is 9.96. The molecule has 0 bridgehead atoms. The maximum atomic E-state index is 13.3. The molecule has 1 aliphatic carbocycles. The Hall–Kier alpha value is -1.75. The zero-order valence-electron chi connectivity index (χ0n) is 14.7. The molecule has 4 rings (SSSR count). The van der Waals surface area contributed by atoms with E-state index in [0.717, 1.165) is 12.5 Å². The number of halogens is 1. The summed E-state index contributed by atoms with van der Waals surface area (Å²) in [6.45, 7) is 1.90. The summed E-state index contributed by atoms with van der Waals surface area (Å²) in [5.41, 5.74) is 0.375. The van der Waals surface area contributed by atoms with Gasteiger partial charge in [0.05, 0.1) is 17.2 Å². The molecular formula is C20H26FN3O. The van der Waals surface area contributed by atoms with Gasteiger partial charge in [-0.25, -0.2) is 9.37 Å². The Morgan fingerprint density at radius 2 is 1.92 bits per heavy atom. The lowest BCUT2D eigenvalue weighted by molar-refractivity contribution is 0.0880. The second-order valence-electron chi connectivity index (χ2n) is 7.52. The number of aromatic nitrogens is 2. The smallest absolute Gasteiger partial charge is 0.261 e. The third kappa shape index (κ3) is 3.47. The first-order valence-electron chi connectivity index (χ1n) is 9.63. The van der Waals surface area contributed by atoms with Crippen LogP contribution in [-0.4, -0.2) is 33.1 Å². The molecule has 1 aromatic carbocycles. The van der Waals surface area contributed by atoms with E-state index in [0.29, 0.717) is 23.5 Å². The number of rotatable bonds is 4. The lowest BCUT2D eigenvalue weighted by Crippen LogP contribution is -2.45. The summed E-state index contributed by atoms with van der Waals surface area (Å²) in [5, 5.41) is 0.500.